The highest BCUT2D eigenvalue weighted by molar-refractivity contribution is 5.90. The number of aromatic nitrogens is 1. The summed E-state index contributed by atoms with van der Waals surface area (Å²) in [5.41, 5.74) is 0.720. The molecule has 1 rings (SSSR count). The normalized spacial score (nSPS) is 9.42. The average Bonchev–Trinajstić information content (AvgIpc) is 2.05. The van der Waals surface area contributed by atoms with Crippen LogP contribution in [0.25, 0.3) is 0 Å². The van der Waals surface area contributed by atoms with Crippen LogP contribution in [0.1, 0.15) is 18.8 Å². The summed E-state index contributed by atoms with van der Waals surface area (Å²) in [5.74, 6) is 0.0810. The van der Waals surface area contributed by atoms with Gasteiger partial charge in [-0.25, -0.2) is 0 Å². The third-order valence-electron chi connectivity index (χ3n) is 1.63. The molecule has 0 fully saturated rings. The van der Waals surface area contributed by atoms with Crippen molar-refractivity contribution in [3.8, 4) is 0 Å². The minimum absolute atomic E-state index is 0. The van der Waals surface area contributed by atoms with Gasteiger partial charge in [-0.1, -0.05) is 6.58 Å². The fourth-order valence-electron chi connectivity index (χ4n) is 1.09. The molecule has 1 heterocycles. The van der Waals surface area contributed by atoms with Gasteiger partial charge in [-0.2, -0.15) is 4.57 Å². The minimum atomic E-state index is 0. The lowest BCUT2D eigenvalue weighted by Crippen LogP contribution is -2.38. The molecule has 2 nitrogen and oxygen atoms in total. The molecule has 2 heteroatoms. The summed E-state index contributed by atoms with van der Waals surface area (Å²) in [7, 11) is 0. The van der Waals surface area contributed by atoms with E-state index in [2.05, 4.69) is 6.58 Å². The second kappa shape index (κ2) is 3.81. The Bertz CT molecular complexity index is 310. The predicted octanol–water partition coefficient (Wildman–Crippen LogP) is 1.48. The lowest BCUT2D eigenvalue weighted by atomic mass is 10.2. The molecule has 0 aliphatic heterocycles. The number of rotatable bonds is 3. The molecule has 0 saturated carbocycles. The fourth-order valence-corrected chi connectivity index (χ4v) is 1.09. The van der Waals surface area contributed by atoms with Crippen molar-refractivity contribution in [1.82, 2.24) is 0 Å². The molecule has 0 aromatic carbocycles. The van der Waals surface area contributed by atoms with E-state index >= 15 is 0 Å². The number of pyridine rings is 1. The van der Waals surface area contributed by atoms with Gasteiger partial charge in [0.25, 0.3) is 0 Å². The van der Waals surface area contributed by atoms with E-state index in [1.165, 1.54) is 0 Å². The molecular weight excluding hydrogens is 150 g/mol. The number of allylic oxidation sites excluding steroid dienone is 1. The summed E-state index contributed by atoms with van der Waals surface area (Å²) in [4.78, 5) is 11.1. The summed E-state index contributed by atoms with van der Waals surface area (Å²) in [6, 6.07) is 5.57. The van der Waals surface area contributed by atoms with Crippen molar-refractivity contribution < 1.29 is 10.8 Å². The molecule has 0 bridgehead atoms. The molecular formula is C10H13NO+2. The van der Waals surface area contributed by atoms with Gasteiger partial charge in [0.05, 0.1) is 0 Å². The predicted molar refractivity (Wildman–Crippen MR) is 48.0 cm³/mol. The van der Waals surface area contributed by atoms with Crippen LogP contribution in [0.5, 0.6) is 0 Å². The van der Waals surface area contributed by atoms with E-state index in [0.29, 0.717) is 6.54 Å². The van der Waals surface area contributed by atoms with Gasteiger partial charge in [-0.05, 0) is 12.1 Å². The zero-order valence-electron chi connectivity index (χ0n) is 8.16. The average molecular weight is 163 g/mol. The largest absolute Gasteiger partial charge is 1.00 e. The number of ketones is 1. The van der Waals surface area contributed by atoms with Crippen LogP contribution >= 0.6 is 0 Å². The maximum absolute atomic E-state index is 11.1. The second-order valence-electron chi connectivity index (χ2n) is 2.58. The summed E-state index contributed by atoms with van der Waals surface area (Å²) in [6.45, 7) is 5.87. The molecule has 0 amide bonds. The van der Waals surface area contributed by atoms with Gasteiger partial charge in [-0.3, -0.25) is 4.79 Å². The van der Waals surface area contributed by atoms with Crippen molar-refractivity contribution in [2.75, 3.05) is 0 Å². The van der Waals surface area contributed by atoms with Crippen molar-refractivity contribution in [1.29, 1.82) is 0 Å². The molecule has 12 heavy (non-hydrogen) atoms. The van der Waals surface area contributed by atoms with Crippen molar-refractivity contribution >= 4 is 5.78 Å². The van der Waals surface area contributed by atoms with Crippen LogP contribution in [0.2, 0.25) is 0 Å². The Labute approximate surface area is 73.6 Å². The quantitative estimate of drug-likeness (QED) is 0.375. The summed E-state index contributed by atoms with van der Waals surface area (Å²) in [5, 5.41) is 0. The molecule has 62 valence electrons. The molecule has 0 saturated heterocycles. The van der Waals surface area contributed by atoms with Crippen LogP contribution in [0.15, 0.2) is 37.1 Å². The first-order valence-electron chi connectivity index (χ1n) is 3.86. The highest BCUT2D eigenvalue weighted by Crippen LogP contribution is 1.92. The molecule has 0 N–H and O–H groups in total. The Morgan fingerprint density at radius 2 is 2.50 bits per heavy atom. The molecule has 0 spiro atoms. The van der Waals surface area contributed by atoms with Gasteiger partial charge >= 0.3 is 1.43 Å². The number of carbonyl (C=O) groups excluding carboxylic acids is 1. The Morgan fingerprint density at radius 3 is 3.08 bits per heavy atom. The van der Waals surface area contributed by atoms with Crippen LogP contribution in [-0.4, -0.2) is 5.78 Å². The van der Waals surface area contributed by atoms with E-state index in [-0.39, 0.29) is 7.21 Å². The second-order valence-corrected chi connectivity index (χ2v) is 2.58. The molecule has 0 unspecified atom stereocenters. The monoisotopic (exact) mass is 163 g/mol. The first-order valence-corrected chi connectivity index (χ1v) is 3.86. The van der Waals surface area contributed by atoms with E-state index < -0.39 is 0 Å². The van der Waals surface area contributed by atoms with Crippen molar-refractivity contribution in [3.05, 3.63) is 42.7 Å². The van der Waals surface area contributed by atoms with Crippen LogP contribution in [-0.2, 0) is 6.54 Å². The van der Waals surface area contributed by atoms with Gasteiger partial charge in [0.2, 0.25) is 11.5 Å². The molecule has 1 aromatic heterocycles. The zero-order chi connectivity index (χ0) is 8.97. The molecule has 0 aliphatic rings. The maximum atomic E-state index is 11.1. The molecule has 1 aromatic rings. The number of carbonyl (C=O) groups is 1. The number of hydrogen-bond donors (Lipinski definition) is 0. The minimum Gasteiger partial charge on any atom is -0.288 e. The van der Waals surface area contributed by atoms with Gasteiger partial charge in [0, 0.05) is 19.1 Å². The van der Waals surface area contributed by atoms with Gasteiger partial charge in [-0.15, -0.1) is 0 Å². The summed E-state index contributed by atoms with van der Waals surface area (Å²) >= 11 is 0. The first kappa shape index (κ1) is 8.65. The van der Waals surface area contributed by atoms with Crippen LogP contribution < -0.4 is 4.57 Å². The van der Waals surface area contributed by atoms with Crippen LogP contribution in [0.4, 0.5) is 0 Å². The van der Waals surface area contributed by atoms with Crippen LogP contribution in [0.3, 0.4) is 0 Å². The lowest BCUT2D eigenvalue weighted by molar-refractivity contribution is -0.688. The summed E-state index contributed by atoms with van der Waals surface area (Å²) < 4.78 is 1.87. The third kappa shape index (κ3) is 1.78. The molecule has 0 atom stereocenters. The van der Waals surface area contributed by atoms with E-state index in [9.17, 15) is 4.79 Å². The van der Waals surface area contributed by atoms with Gasteiger partial charge in [0.1, 0.15) is 0 Å². The van der Waals surface area contributed by atoms with E-state index in [1.54, 1.807) is 13.0 Å². The Hall–Kier alpha value is -1.44. The van der Waals surface area contributed by atoms with E-state index in [4.69, 9.17) is 0 Å². The number of hydrogen-bond acceptors (Lipinski definition) is 1. The van der Waals surface area contributed by atoms with Crippen molar-refractivity contribution in [3.63, 3.8) is 0 Å². The Kier molecular flexibility index (Phi) is 2.75. The zero-order valence-corrected chi connectivity index (χ0v) is 7.16. The van der Waals surface area contributed by atoms with Crippen LogP contribution in [0, 0.1) is 0 Å². The maximum Gasteiger partial charge on any atom is 1.00 e. The third-order valence-corrected chi connectivity index (χ3v) is 1.63. The van der Waals surface area contributed by atoms with E-state index in [1.807, 2.05) is 29.0 Å². The Balaban J connectivity index is 0.00000144. The lowest BCUT2D eigenvalue weighted by Gasteiger charge is -1.96. The van der Waals surface area contributed by atoms with Crippen molar-refractivity contribution in [2.24, 2.45) is 0 Å². The SMILES string of the molecule is C=CC[n+]1ccccc1C(C)=O.[H+]. The number of Topliss-reactive ketones (excluding diaryl/α,β-unsaturated/α-hetero) is 1. The molecule has 0 radical (unpaired) electrons. The summed E-state index contributed by atoms with van der Waals surface area (Å²) in [6.07, 6.45) is 3.64. The van der Waals surface area contributed by atoms with E-state index in [0.717, 1.165) is 5.69 Å². The standard InChI is InChI=1S/C10H12NO/c1-3-7-11-8-5-4-6-10(11)9(2)12/h3-6,8H,1,7H2,2H3/q+1/p+1. The van der Waals surface area contributed by atoms with Crippen molar-refractivity contribution in [2.45, 2.75) is 13.5 Å². The number of nitrogens with zero attached hydrogens (tertiary/aromatic N) is 1. The molecule has 0 aliphatic carbocycles. The highest BCUT2D eigenvalue weighted by Gasteiger charge is 2.11. The Morgan fingerprint density at radius 1 is 1.75 bits per heavy atom. The first-order chi connectivity index (χ1) is 5.75. The fraction of sp³-hybridized carbons (Fsp3) is 0.200. The van der Waals surface area contributed by atoms with Gasteiger partial charge in [0.15, 0.2) is 12.7 Å². The topological polar surface area (TPSA) is 20.9 Å². The highest BCUT2D eigenvalue weighted by atomic mass is 16.1. The smallest absolute Gasteiger partial charge is 0.288 e. The van der Waals surface area contributed by atoms with Gasteiger partial charge < -0.3 is 0 Å².